The molecule has 27 heteroatoms. The largest absolute Gasteiger partial charge is 1.00 e. The fourth-order valence-corrected chi connectivity index (χ4v) is 9.16. The first kappa shape index (κ1) is 63.6. The van der Waals surface area contributed by atoms with Crippen molar-refractivity contribution < 1.29 is 87.5 Å². The van der Waals surface area contributed by atoms with Crippen molar-refractivity contribution in [3.8, 4) is 0 Å². The van der Waals surface area contributed by atoms with Gasteiger partial charge in [0.1, 0.15) is 24.0 Å². The number of piperidine rings is 2. The number of benzene rings is 2. The molecular formula is C50H64ClF6LiN12O7. The number of aliphatic carboxylic acids is 1. The van der Waals surface area contributed by atoms with E-state index in [1.165, 1.54) is 48.8 Å². The number of hydrogen-bond acceptors (Lipinski definition) is 15. The van der Waals surface area contributed by atoms with Crippen LogP contribution in [0.25, 0.3) is 0 Å². The molecule has 4 aliphatic heterocycles. The van der Waals surface area contributed by atoms with Gasteiger partial charge in [0.05, 0.1) is 34.1 Å². The predicted octanol–water partition coefficient (Wildman–Crippen LogP) is -0.493. The van der Waals surface area contributed by atoms with Crippen molar-refractivity contribution in [2.24, 2.45) is 0 Å². The Balaban J connectivity index is 0.000000271. The first-order valence-corrected chi connectivity index (χ1v) is 25.1. The number of carbonyl (C=O) groups excluding carboxylic acids is 2. The average molecular weight is 1100 g/mol. The fourth-order valence-electron chi connectivity index (χ4n) is 9.16. The number of carboxylic acid groups (broad SMARTS) is 1. The van der Waals surface area contributed by atoms with Crippen LogP contribution in [0.15, 0.2) is 85.2 Å². The first-order valence-electron chi connectivity index (χ1n) is 25.1. The molecule has 2 aromatic heterocycles. The molecule has 0 radical (unpaired) electrons. The summed E-state index contributed by atoms with van der Waals surface area (Å²) in [6.07, 6.45) is -0.450. The van der Waals surface area contributed by atoms with Gasteiger partial charge in [-0.05, 0) is 106 Å². The normalized spacial score (nSPS) is 16.8. The van der Waals surface area contributed by atoms with Crippen LogP contribution in [-0.4, -0.2) is 150 Å². The maximum Gasteiger partial charge on any atom is 1.00 e. The molecule has 416 valence electrons. The zero-order chi connectivity index (χ0) is 54.0. The maximum absolute atomic E-state index is 12.8. The van der Waals surface area contributed by atoms with E-state index in [4.69, 9.17) is 0 Å². The van der Waals surface area contributed by atoms with Gasteiger partial charge in [0.2, 0.25) is 5.91 Å². The molecule has 4 saturated heterocycles. The molecular weight excluding hydrogens is 1040 g/mol. The zero-order valence-corrected chi connectivity index (χ0v) is 43.7. The van der Waals surface area contributed by atoms with Gasteiger partial charge in [0, 0.05) is 126 Å². The summed E-state index contributed by atoms with van der Waals surface area (Å²) < 4.78 is 75.9. The molecule has 77 heavy (non-hydrogen) atoms. The van der Waals surface area contributed by atoms with Crippen LogP contribution in [0.1, 0.15) is 62.5 Å². The van der Waals surface area contributed by atoms with Crippen molar-refractivity contribution in [1.82, 2.24) is 24.7 Å². The van der Waals surface area contributed by atoms with Crippen LogP contribution in [0.4, 0.5) is 60.7 Å². The molecule has 1 amide bonds. The van der Waals surface area contributed by atoms with Crippen LogP contribution in [0, 0.1) is 20.2 Å². The summed E-state index contributed by atoms with van der Waals surface area (Å²) >= 11 is 0. The van der Waals surface area contributed by atoms with Crippen LogP contribution in [-0.2, 0) is 21.9 Å². The van der Waals surface area contributed by atoms with Crippen molar-refractivity contribution in [3.05, 3.63) is 117 Å². The van der Waals surface area contributed by atoms with E-state index in [-0.39, 0.29) is 61.0 Å². The number of nitrogens with two attached hydrogens (primary N) is 1. The Bertz CT molecular complexity index is 2430. The molecule has 4 fully saturated rings. The molecule has 0 aliphatic carbocycles. The number of rotatable bonds is 16. The van der Waals surface area contributed by atoms with Gasteiger partial charge < -0.3 is 53.0 Å². The third-order valence-electron chi connectivity index (χ3n) is 13.5. The Morgan fingerprint density at radius 2 is 0.974 bits per heavy atom. The topological polar surface area (TPSA) is 226 Å². The van der Waals surface area contributed by atoms with Crippen LogP contribution >= 0.6 is 0 Å². The van der Waals surface area contributed by atoms with Crippen molar-refractivity contribution in [3.63, 3.8) is 0 Å². The molecule has 0 unspecified atom stereocenters. The number of quaternary nitrogens is 1. The standard InChI is InChI=1S/C25H31F3N6O3.C15H19F3N2O2.C10H14N4O2.ClH.Li/c26-25(27,28)19-3-5-21(6-4-19)32-16-14-31(15-17-32)11-1-2-24(35)33-12-9-20(10-13-33)30-23-8-7-22(18-29-23)34(36)37;16-15(17,18)12-3-5-13(6-4-12)20-10-8-19(9-11-20)7-1-2-14(21)22;15-14(16)9-1-2-10(12-7-9)13-8-3-5-11-6-4-8;;/h3-8,18,20H,1-2,9-17H2,(H,29,30);3-6H,1-2,7-11H2,(H,21,22);1-2,7-8,11H,3-6H2,(H,12,13);1H;/q;;;;+1/p-1. The summed E-state index contributed by atoms with van der Waals surface area (Å²) in [6, 6.07) is 17.3. The van der Waals surface area contributed by atoms with Gasteiger partial charge in [-0.1, -0.05) is 0 Å². The van der Waals surface area contributed by atoms with Gasteiger partial charge in [0.15, 0.2) is 0 Å². The van der Waals surface area contributed by atoms with Crippen molar-refractivity contribution in [1.29, 1.82) is 0 Å². The van der Waals surface area contributed by atoms with Gasteiger partial charge >= 0.3 is 31.2 Å². The van der Waals surface area contributed by atoms with Crippen molar-refractivity contribution in [2.45, 2.75) is 75.8 Å². The Labute approximate surface area is 461 Å². The number of alkyl halides is 6. The monoisotopic (exact) mass is 1100 g/mol. The molecule has 0 atom stereocenters. The fraction of sp³-hybridized carbons (Fsp3) is 0.520. The zero-order valence-electron chi connectivity index (χ0n) is 42.9. The molecule has 0 saturated carbocycles. The van der Waals surface area contributed by atoms with E-state index in [0.717, 1.165) is 146 Å². The van der Waals surface area contributed by atoms with Crippen LogP contribution < -0.4 is 62.1 Å². The van der Waals surface area contributed by atoms with Crippen LogP contribution in [0.3, 0.4) is 0 Å². The summed E-state index contributed by atoms with van der Waals surface area (Å²) in [7, 11) is 0. The average Bonchev–Trinajstić information content (AvgIpc) is 3.40. The number of pyridine rings is 2. The van der Waals surface area contributed by atoms with E-state index >= 15 is 0 Å². The van der Waals surface area contributed by atoms with E-state index in [9.17, 15) is 61.3 Å². The smallest absolute Gasteiger partial charge is 1.00 e. The number of likely N-dealkylation sites (tertiary alicyclic amines) is 1. The third kappa shape index (κ3) is 21.1. The van der Waals surface area contributed by atoms with Gasteiger partial charge in [-0.25, -0.2) is 9.97 Å². The number of nitrogens with one attached hydrogen (secondary N) is 2. The molecule has 0 spiro atoms. The van der Waals surface area contributed by atoms with E-state index < -0.39 is 39.3 Å². The second-order valence-electron chi connectivity index (χ2n) is 18.7. The Morgan fingerprint density at radius 1 is 0.584 bits per heavy atom. The number of hydrogen-bond donors (Lipinski definition) is 3. The van der Waals surface area contributed by atoms with Crippen molar-refractivity contribution in [2.75, 3.05) is 112 Å². The number of carboxylic acids is 1. The molecule has 0 bridgehead atoms. The van der Waals surface area contributed by atoms with Gasteiger partial charge in [-0.15, -0.1) is 0 Å². The molecule has 2 aromatic carbocycles. The summed E-state index contributed by atoms with van der Waals surface area (Å²) in [5, 5.41) is 40.4. The Hall–Kier alpha value is -5.97. The quantitative estimate of drug-likeness (QED) is 0.0557. The number of nitro groups is 2. The Morgan fingerprint density at radius 3 is 1.32 bits per heavy atom. The minimum atomic E-state index is -4.33. The van der Waals surface area contributed by atoms with Gasteiger partial charge in [-0.3, -0.25) is 34.8 Å². The van der Waals surface area contributed by atoms with E-state index in [0.29, 0.717) is 44.3 Å². The van der Waals surface area contributed by atoms with Crippen LogP contribution in [0.5, 0.6) is 0 Å². The molecule has 6 heterocycles. The molecule has 4 N–H and O–H groups in total. The predicted molar refractivity (Wildman–Crippen MR) is 267 cm³/mol. The summed E-state index contributed by atoms with van der Waals surface area (Å²) in [5.41, 5.74) is 0.278. The number of halogens is 7. The molecule has 19 nitrogen and oxygen atoms in total. The van der Waals surface area contributed by atoms with Crippen molar-refractivity contribution >= 4 is 46.3 Å². The number of aromatic nitrogens is 2. The summed E-state index contributed by atoms with van der Waals surface area (Å²) in [4.78, 5) is 61.9. The minimum Gasteiger partial charge on any atom is -1.00 e. The number of nitrogens with zero attached hydrogens (tertiary/aromatic N) is 9. The molecule has 4 aromatic rings. The number of carbonyl (C=O) groups is 2. The van der Waals surface area contributed by atoms with E-state index in [2.05, 4.69) is 40.6 Å². The third-order valence-corrected chi connectivity index (χ3v) is 13.5. The maximum atomic E-state index is 12.8. The van der Waals surface area contributed by atoms with Gasteiger partial charge in [-0.2, -0.15) is 26.3 Å². The molecule has 4 aliphatic rings. The first-order chi connectivity index (χ1) is 35.8. The number of amides is 1. The summed E-state index contributed by atoms with van der Waals surface area (Å²) in [6.45, 7) is 11.2. The second kappa shape index (κ2) is 30.8. The number of anilines is 4. The minimum absolute atomic E-state index is 0. The van der Waals surface area contributed by atoms with Gasteiger partial charge in [0.25, 0.3) is 11.4 Å². The van der Waals surface area contributed by atoms with E-state index in [1.54, 1.807) is 12.1 Å². The summed E-state index contributed by atoms with van der Waals surface area (Å²) in [5.74, 6) is 0.421. The van der Waals surface area contributed by atoms with E-state index in [1.807, 2.05) is 9.80 Å². The Kier molecular flexibility index (Phi) is 25.5. The molecule has 8 rings (SSSR count). The second-order valence-corrected chi connectivity index (χ2v) is 18.7. The number of piperazine rings is 2. The van der Waals surface area contributed by atoms with Crippen LogP contribution in [0.2, 0.25) is 0 Å². The SMILES string of the molecule is O=C(CCCN1CCN(c2ccc(C(F)(F)F)cc2)CC1)N1CCC(Nc2ccc([N+](=O)[O-])cn2)CC1.O=C([O-])CCCN1CCN(c2ccc(C(F)(F)F)cc2)CC1.O=[N+]([O-])c1ccc(NC2CC[NH2+]CC2)nc1.[Cl-].[Li+].